The predicted octanol–water partition coefficient (Wildman–Crippen LogP) is -0.289. The molecule has 2 rings (SSSR count). The van der Waals surface area contributed by atoms with Gasteiger partial charge in [0.15, 0.2) is 5.82 Å². The van der Waals surface area contributed by atoms with Crippen LogP contribution >= 0.6 is 11.6 Å². The zero-order valence-electron chi connectivity index (χ0n) is 9.89. The van der Waals surface area contributed by atoms with E-state index in [1.807, 2.05) is 0 Å². The van der Waals surface area contributed by atoms with Crippen LogP contribution in [0.1, 0.15) is 5.69 Å². The molecule has 1 aliphatic rings. The van der Waals surface area contributed by atoms with E-state index in [1.165, 1.54) is 0 Å². The number of aromatic nitrogens is 2. The molecule has 1 unspecified atom stereocenters. The summed E-state index contributed by atoms with van der Waals surface area (Å²) in [6.45, 7) is 2.90. The smallest absolute Gasteiger partial charge is 0.242 e. The lowest BCUT2D eigenvalue weighted by Crippen LogP contribution is -2.53. The van der Waals surface area contributed by atoms with Gasteiger partial charge >= 0.3 is 0 Å². The minimum Gasteiger partial charge on any atom is -0.394 e. The second-order valence-electron chi connectivity index (χ2n) is 4.00. The molecule has 8 heteroatoms. The maximum Gasteiger partial charge on any atom is 0.242 e. The van der Waals surface area contributed by atoms with Gasteiger partial charge < -0.3 is 21.1 Å². The maximum absolute atomic E-state index is 11.4. The number of nitrogens with zero attached hydrogens (tertiary/aromatic N) is 3. The van der Waals surface area contributed by atoms with E-state index in [2.05, 4.69) is 9.97 Å². The summed E-state index contributed by atoms with van der Waals surface area (Å²) in [7, 11) is 0. The summed E-state index contributed by atoms with van der Waals surface area (Å²) in [6, 6.07) is -0.591. The second-order valence-corrected chi connectivity index (χ2v) is 4.34. The fourth-order valence-electron chi connectivity index (χ4n) is 1.84. The van der Waals surface area contributed by atoms with Crippen LogP contribution in [0.3, 0.4) is 0 Å². The van der Waals surface area contributed by atoms with Crippen molar-refractivity contribution < 1.29 is 9.53 Å². The van der Waals surface area contributed by atoms with Crippen molar-refractivity contribution in [3.63, 3.8) is 0 Å². The Hall–Kier alpha value is -1.60. The molecule has 18 heavy (non-hydrogen) atoms. The first-order chi connectivity index (χ1) is 8.50. The highest BCUT2D eigenvalue weighted by molar-refractivity contribution is 6.28. The minimum absolute atomic E-state index is 0.0893. The monoisotopic (exact) mass is 271 g/mol. The topological polar surface area (TPSA) is 107 Å². The van der Waals surface area contributed by atoms with Crippen LogP contribution < -0.4 is 16.4 Å². The lowest BCUT2D eigenvalue weighted by atomic mass is 10.2. The zero-order valence-corrected chi connectivity index (χ0v) is 10.6. The standard InChI is InChI=1S/C10H14ClN5O2/c1-5-7(12)9(15-10(11)14-5)16-2-3-18-4-6(16)8(13)17/h6H,2-4,12H2,1H3,(H2,13,17). The zero-order chi connectivity index (χ0) is 13.3. The average molecular weight is 272 g/mol. The molecule has 0 bridgehead atoms. The molecule has 7 nitrogen and oxygen atoms in total. The summed E-state index contributed by atoms with van der Waals surface area (Å²) in [5.74, 6) is -0.0545. The molecule has 0 aliphatic carbocycles. The Kier molecular flexibility index (Phi) is 3.53. The predicted molar refractivity (Wildman–Crippen MR) is 67.3 cm³/mol. The van der Waals surface area contributed by atoms with E-state index in [-0.39, 0.29) is 11.9 Å². The fraction of sp³-hybridized carbons (Fsp3) is 0.500. The number of aryl methyl sites for hydroxylation is 1. The number of halogens is 1. The molecule has 0 aromatic carbocycles. The highest BCUT2D eigenvalue weighted by atomic mass is 35.5. The Morgan fingerprint density at radius 1 is 1.56 bits per heavy atom. The van der Waals surface area contributed by atoms with Crippen molar-refractivity contribution in [1.29, 1.82) is 0 Å². The Balaban J connectivity index is 2.42. The Morgan fingerprint density at radius 2 is 2.28 bits per heavy atom. The van der Waals surface area contributed by atoms with Crippen LogP contribution in [-0.2, 0) is 9.53 Å². The van der Waals surface area contributed by atoms with Crippen LogP contribution in [0, 0.1) is 6.92 Å². The number of morpholine rings is 1. The molecule has 0 saturated carbocycles. The van der Waals surface area contributed by atoms with Crippen molar-refractivity contribution in [2.75, 3.05) is 30.4 Å². The van der Waals surface area contributed by atoms with Gasteiger partial charge in [-0.2, -0.15) is 4.98 Å². The maximum atomic E-state index is 11.4. The molecule has 1 fully saturated rings. The number of amides is 1. The lowest BCUT2D eigenvalue weighted by molar-refractivity contribution is -0.121. The van der Waals surface area contributed by atoms with Crippen LogP contribution in [0.4, 0.5) is 11.5 Å². The number of anilines is 2. The van der Waals surface area contributed by atoms with Crippen LogP contribution in [0.15, 0.2) is 0 Å². The van der Waals surface area contributed by atoms with Gasteiger partial charge in [-0.15, -0.1) is 0 Å². The van der Waals surface area contributed by atoms with Crippen LogP contribution in [0.5, 0.6) is 0 Å². The number of nitrogen functional groups attached to an aromatic ring is 1. The average Bonchev–Trinajstić information content (AvgIpc) is 2.33. The van der Waals surface area contributed by atoms with E-state index in [0.717, 1.165) is 0 Å². The van der Waals surface area contributed by atoms with Crippen LogP contribution in [0.2, 0.25) is 5.28 Å². The molecule has 1 aromatic rings. The quantitative estimate of drug-likeness (QED) is 0.716. The molecule has 98 valence electrons. The lowest BCUT2D eigenvalue weighted by Gasteiger charge is -2.35. The van der Waals surface area contributed by atoms with Crippen molar-refractivity contribution in [3.05, 3.63) is 11.0 Å². The summed E-state index contributed by atoms with van der Waals surface area (Å²) in [4.78, 5) is 21.1. The molecule has 1 aliphatic heterocycles. The van der Waals surface area contributed by atoms with Gasteiger partial charge in [0.05, 0.1) is 24.6 Å². The molecule has 4 N–H and O–H groups in total. The van der Waals surface area contributed by atoms with E-state index in [9.17, 15) is 4.79 Å². The van der Waals surface area contributed by atoms with Crippen molar-refractivity contribution in [1.82, 2.24) is 9.97 Å². The van der Waals surface area contributed by atoms with Gasteiger partial charge in [0.2, 0.25) is 11.2 Å². The minimum atomic E-state index is -0.591. The summed E-state index contributed by atoms with van der Waals surface area (Å²) in [5, 5.41) is 0.0893. The van der Waals surface area contributed by atoms with Crippen molar-refractivity contribution in [2.45, 2.75) is 13.0 Å². The van der Waals surface area contributed by atoms with Gasteiger partial charge in [-0.25, -0.2) is 4.98 Å². The van der Waals surface area contributed by atoms with Gasteiger partial charge in [0.25, 0.3) is 0 Å². The van der Waals surface area contributed by atoms with Gasteiger partial charge in [0, 0.05) is 6.54 Å². The van der Waals surface area contributed by atoms with Crippen molar-refractivity contribution in [3.8, 4) is 0 Å². The molecule has 1 amide bonds. The number of rotatable bonds is 2. The van der Waals surface area contributed by atoms with E-state index in [4.69, 9.17) is 27.8 Å². The molecular weight excluding hydrogens is 258 g/mol. The van der Waals surface area contributed by atoms with Crippen molar-refractivity contribution >= 4 is 29.0 Å². The van der Waals surface area contributed by atoms with Gasteiger partial charge in [-0.05, 0) is 18.5 Å². The number of ether oxygens (including phenoxy) is 1. The van der Waals surface area contributed by atoms with E-state index in [0.29, 0.717) is 30.4 Å². The third kappa shape index (κ3) is 2.32. The van der Waals surface area contributed by atoms with Crippen LogP contribution in [-0.4, -0.2) is 41.7 Å². The third-order valence-electron chi connectivity index (χ3n) is 2.82. The molecule has 0 spiro atoms. The molecule has 1 atom stereocenters. The Labute approximate surface area is 109 Å². The number of hydrogen-bond donors (Lipinski definition) is 2. The number of carbonyl (C=O) groups excluding carboxylic acids is 1. The van der Waals surface area contributed by atoms with Gasteiger partial charge in [0.1, 0.15) is 6.04 Å². The second kappa shape index (κ2) is 4.95. The first kappa shape index (κ1) is 12.8. The first-order valence-electron chi connectivity index (χ1n) is 5.44. The molecular formula is C10H14ClN5O2. The van der Waals surface area contributed by atoms with Gasteiger partial charge in [-0.3, -0.25) is 4.79 Å². The van der Waals surface area contributed by atoms with E-state index in [1.54, 1.807) is 11.8 Å². The molecule has 2 heterocycles. The van der Waals surface area contributed by atoms with Gasteiger partial charge in [-0.1, -0.05) is 0 Å². The SMILES string of the molecule is Cc1nc(Cl)nc(N2CCOCC2C(N)=O)c1N. The number of primary amides is 1. The Morgan fingerprint density at radius 3 is 2.94 bits per heavy atom. The normalized spacial score (nSPS) is 19.9. The summed E-state index contributed by atoms with van der Waals surface area (Å²) < 4.78 is 5.24. The summed E-state index contributed by atoms with van der Waals surface area (Å²) >= 11 is 5.82. The fourth-order valence-corrected chi connectivity index (χ4v) is 2.05. The van der Waals surface area contributed by atoms with E-state index >= 15 is 0 Å². The Bertz CT molecular complexity index is 482. The molecule has 1 saturated heterocycles. The largest absolute Gasteiger partial charge is 0.394 e. The first-order valence-corrected chi connectivity index (χ1v) is 5.82. The van der Waals surface area contributed by atoms with Crippen molar-refractivity contribution in [2.24, 2.45) is 5.73 Å². The highest BCUT2D eigenvalue weighted by Crippen LogP contribution is 2.27. The van der Waals surface area contributed by atoms with Crippen LogP contribution in [0.25, 0.3) is 0 Å². The number of nitrogens with two attached hydrogens (primary N) is 2. The number of hydrogen-bond acceptors (Lipinski definition) is 6. The highest BCUT2D eigenvalue weighted by Gasteiger charge is 2.30. The molecule has 1 aromatic heterocycles. The summed E-state index contributed by atoms with van der Waals surface area (Å²) in [5.41, 5.74) is 12.2. The third-order valence-corrected chi connectivity index (χ3v) is 2.99. The molecule has 0 radical (unpaired) electrons. The summed E-state index contributed by atoms with van der Waals surface area (Å²) in [6.07, 6.45) is 0. The van der Waals surface area contributed by atoms with E-state index < -0.39 is 11.9 Å². The number of carbonyl (C=O) groups is 1.